The third-order valence-electron chi connectivity index (χ3n) is 4.79. The fraction of sp³-hybridized carbons (Fsp3) is 0.941. The van der Waals surface area contributed by atoms with Crippen molar-refractivity contribution >= 4 is 6.09 Å². The molecule has 1 saturated heterocycles. The molecule has 3 unspecified atom stereocenters. The normalized spacial score (nSPS) is 30.2. The van der Waals surface area contributed by atoms with Gasteiger partial charge in [-0.05, 0) is 65.3 Å². The first-order valence-corrected chi connectivity index (χ1v) is 8.83. The van der Waals surface area contributed by atoms with Crippen LogP contribution in [0.3, 0.4) is 0 Å². The summed E-state index contributed by atoms with van der Waals surface area (Å²) >= 11 is 0. The van der Waals surface area contributed by atoms with Crippen LogP contribution >= 0.6 is 0 Å². The second-order valence-corrected chi connectivity index (χ2v) is 7.80. The highest BCUT2D eigenvalue weighted by Crippen LogP contribution is 2.26. The molecule has 1 aliphatic carbocycles. The van der Waals surface area contributed by atoms with Crippen molar-refractivity contribution in [1.29, 1.82) is 0 Å². The number of carbonyl (C=O) groups excluding carboxylic acids is 1. The molecule has 2 aliphatic rings. The molecule has 0 aromatic heterocycles. The minimum absolute atomic E-state index is 0.172. The Labute approximate surface area is 134 Å². The highest BCUT2D eigenvalue weighted by molar-refractivity contribution is 5.68. The van der Waals surface area contributed by atoms with Crippen LogP contribution in [-0.4, -0.2) is 48.3 Å². The molecule has 3 N–H and O–H groups in total. The van der Waals surface area contributed by atoms with Crippen molar-refractivity contribution < 1.29 is 9.53 Å². The third-order valence-corrected chi connectivity index (χ3v) is 4.79. The van der Waals surface area contributed by atoms with E-state index in [1.807, 2.05) is 25.7 Å². The van der Waals surface area contributed by atoms with Gasteiger partial charge in [-0.15, -0.1) is 0 Å². The lowest BCUT2D eigenvalue weighted by molar-refractivity contribution is 0.0256. The second-order valence-electron chi connectivity index (χ2n) is 7.80. The molecule has 0 bridgehead atoms. The highest BCUT2D eigenvalue weighted by Gasteiger charge is 2.30. The van der Waals surface area contributed by atoms with Crippen molar-refractivity contribution in [2.75, 3.05) is 19.6 Å². The van der Waals surface area contributed by atoms with Gasteiger partial charge >= 0.3 is 6.09 Å². The maximum Gasteiger partial charge on any atom is 0.410 e. The second kappa shape index (κ2) is 7.64. The monoisotopic (exact) mass is 311 g/mol. The van der Waals surface area contributed by atoms with Gasteiger partial charge in [-0.25, -0.2) is 4.79 Å². The molecule has 5 heteroatoms. The summed E-state index contributed by atoms with van der Waals surface area (Å²) in [5.74, 6) is 0.630. The summed E-state index contributed by atoms with van der Waals surface area (Å²) in [5.41, 5.74) is 5.45. The molecule has 0 aromatic rings. The zero-order chi connectivity index (χ0) is 16.2. The van der Waals surface area contributed by atoms with Crippen LogP contribution in [0.2, 0.25) is 0 Å². The molecule has 1 amide bonds. The lowest BCUT2D eigenvalue weighted by Crippen LogP contribution is -2.43. The maximum atomic E-state index is 12.2. The molecular formula is C17H33N3O2. The molecule has 1 aliphatic heterocycles. The van der Waals surface area contributed by atoms with Gasteiger partial charge in [0.1, 0.15) is 5.60 Å². The fourth-order valence-corrected chi connectivity index (χ4v) is 3.61. The zero-order valence-corrected chi connectivity index (χ0v) is 14.4. The van der Waals surface area contributed by atoms with Crippen molar-refractivity contribution in [3.05, 3.63) is 0 Å². The Kier molecular flexibility index (Phi) is 6.09. The lowest BCUT2D eigenvalue weighted by Gasteiger charge is -2.27. The van der Waals surface area contributed by atoms with Crippen molar-refractivity contribution in [2.24, 2.45) is 11.7 Å². The smallest absolute Gasteiger partial charge is 0.410 e. The lowest BCUT2D eigenvalue weighted by atomic mass is 10.0. The average molecular weight is 311 g/mol. The number of nitrogens with zero attached hydrogens (tertiary/aromatic N) is 1. The summed E-state index contributed by atoms with van der Waals surface area (Å²) in [6.45, 7) is 8.12. The van der Waals surface area contributed by atoms with Crippen molar-refractivity contribution in [1.82, 2.24) is 10.2 Å². The van der Waals surface area contributed by atoms with Crippen molar-refractivity contribution in [3.63, 3.8) is 0 Å². The summed E-state index contributed by atoms with van der Waals surface area (Å²) in [4.78, 5) is 14.0. The Hall–Kier alpha value is -0.810. The molecule has 22 heavy (non-hydrogen) atoms. The van der Waals surface area contributed by atoms with Crippen LogP contribution in [0.5, 0.6) is 0 Å². The van der Waals surface area contributed by atoms with E-state index in [1.54, 1.807) is 0 Å². The fourth-order valence-electron chi connectivity index (χ4n) is 3.61. The van der Waals surface area contributed by atoms with Gasteiger partial charge in [-0.3, -0.25) is 0 Å². The first-order valence-electron chi connectivity index (χ1n) is 8.83. The Bertz CT molecular complexity index is 367. The standard InChI is InChI=1S/C17H33N3O2/c1-17(2,3)22-16(21)20-10-5-7-14(9-11-20)19-15-8-4-6-13(15)12-18/h13-15,19H,4-12,18H2,1-3H3. The number of rotatable bonds is 3. The quantitative estimate of drug-likeness (QED) is 0.840. The van der Waals surface area contributed by atoms with Gasteiger partial charge in [-0.2, -0.15) is 0 Å². The van der Waals surface area contributed by atoms with Crippen LogP contribution in [0, 0.1) is 5.92 Å². The molecule has 2 fully saturated rings. The van der Waals surface area contributed by atoms with Crippen molar-refractivity contribution in [3.8, 4) is 0 Å². The van der Waals surface area contributed by atoms with E-state index in [9.17, 15) is 4.79 Å². The van der Waals surface area contributed by atoms with Gasteiger partial charge in [0.15, 0.2) is 0 Å². The van der Waals surface area contributed by atoms with Crippen LogP contribution in [0.4, 0.5) is 4.79 Å². The molecular weight excluding hydrogens is 278 g/mol. The van der Waals surface area contributed by atoms with Crippen LogP contribution in [0.25, 0.3) is 0 Å². The van der Waals surface area contributed by atoms with Gasteiger partial charge in [0.2, 0.25) is 0 Å². The molecule has 0 aromatic carbocycles. The Balaban J connectivity index is 1.81. The van der Waals surface area contributed by atoms with E-state index >= 15 is 0 Å². The van der Waals surface area contributed by atoms with Gasteiger partial charge in [0.25, 0.3) is 0 Å². The number of ether oxygens (including phenoxy) is 1. The molecule has 0 spiro atoms. The van der Waals surface area contributed by atoms with E-state index in [0.29, 0.717) is 18.0 Å². The van der Waals surface area contributed by atoms with Crippen molar-refractivity contribution in [2.45, 2.75) is 77.0 Å². The van der Waals surface area contributed by atoms with Gasteiger partial charge in [0, 0.05) is 25.2 Å². The van der Waals surface area contributed by atoms with E-state index in [-0.39, 0.29) is 6.09 Å². The summed E-state index contributed by atoms with van der Waals surface area (Å²) in [5, 5.41) is 3.81. The molecule has 3 atom stereocenters. The van der Waals surface area contributed by atoms with Gasteiger partial charge in [-0.1, -0.05) is 6.42 Å². The third kappa shape index (κ3) is 5.13. The number of nitrogens with one attached hydrogen (secondary N) is 1. The molecule has 0 radical (unpaired) electrons. The number of amides is 1. The minimum atomic E-state index is -0.417. The number of hydrogen-bond acceptors (Lipinski definition) is 4. The molecule has 1 saturated carbocycles. The summed E-state index contributed by atoms with van der Waals surface area (Å²) in [6.07, 6.45) is 6.79. The predicted molar refractivity (Wildman–Crippen MR) is 88.8 cm³/mol. The number of likely N-dealkylation sites (tertiary alicyclic amines) is 1. The Morgan fingerprint density at radius 2 is 1.95 bits per heavy atom. The SMILES string of the molecule is CC(C)(C)OC(=O)N1CCCC(NC2CCCC2CN)CC1. The average Bonchev–Trinajstić information content (AvgIpc) is 2.73. The number of carbonyl (C=O) groups is 1. The Morgan fingerprint density at radius 3 is 2.64 bits per heavy atom. The molecule has 1 heterocycles. The largest absolute Gasteiger partial charge is 0.444 e. The summed E-state index contributed by atoms with van der Waals surface area (Å²) in [6, 6.07) is 1.08. The first kappa shape index (κ1) is 17.5. The number of nitrogens with two attached hydrogens (primary N) is 1. The summed E-state index contributed by atoms with van der Waals surface area (Å²) in [7, 11) is 0. The zero-order valence-electron chi connectivity index (χ0n) is 14.4. The molecule has 128 valence electrons. The van der Waals surface area contributed by atoms with E-state index in [4.69, 9.17) is 10.5 Å². The van der Waals surface area contributed by atoms with E-state index in [2.05, 4.69) is 5.32 Å². The van der Waals surface area contributed by atoms with Gasteiger partial charge in [0.05, 0.1) is 0 Å². The van der Waals surface area contributed by atoms with E-state index in [0.717, 1.165) is 38.9 Å². The predicted octanol–water partition coefficient (Wildman–Crippen LogP) is 2.49. The van der Waals surface area contributed by atoms with Gasteiger partial charge < -0.3 is 20.7 Å². The van der Waals surface area contributed by atoms with Crippen LogP contribution in [0.1, 0.15) is 59.3 Å². The maximum absolute atomic E-state index is 12.2. The topological polar surface area (TPSA) is 67.6 Å². The molecule has 5 nitrogen and oxygen atoms in total. The van der Waals surface area contributed by atoms with E-state index in [1.165, 1.54) is 19.3 Å². The van der Waals surface area contributed by atoms with Crippen LogP contribution < -0.4 is 11.1 Å². The highest BCUT2D eigenvalue weighted by atomic mass is 16.6. The first-order chi connectivity index (χ1) is 10.4. The summed E-state index contributed by atoms with van der Waals surface area (Å²) < 4.78 is 5.49. The van der Waals surface area contributed by atoms with Crippen LogP contribution in [0.15, 0.2) is 0 Å². The number of hydrogen-bond donors (Lipinski definition) is 2. The Morgan fingerprint density at radius 1 is 1.18 bits per heavy atom. The van der Waals surface area contributed by atoms with E-state index < -0.39 is 5.60 Å². The molecule has 2 rings (SSSR count). The van der Waals surface area contributed by atoms with Crippen LogP contribution in [-0.2, 0) is 4.74 Å². The minimum Gasteiger partial charge on any atom is -0.444 e.